The first-order valence-electron chi connectivity index (χ1n) is 13.6. The fraction of sp³-hybridized carbons (Fsp3) is 0.483. The van der Waals surface area contributed by atoms with Crippen LogP contribution in [0, 0.1) is 11.7 Å². The monoisotopic (exact) mass is 566 g/mol. The molecule has 3 aromatic rings. The van der Waals surface area contributed by atoms with Gasteiger partial charge in [-0.25, -0.2) is 9.37 Å². The van der Waals surface area contributed by atoms with Gasteiger partial charge in [-0.2, -0.15) is 5.10 Å². The van der Waals surface area contributed by atoms with Crippen LogP contribution in [0.2, 0.25) is 5.02 Å². The number of nitrogens with zero attached hydrogens (tertiary/aromatic N) is 5. The zero-order valence-electron chi connectivity index (χ0n) is 21.3. The fourth-order valence-corrected chi connectivity index (χ4v) is 7.63. The van der Waals surface area contributed by atoms with E-state index in [-0.39, 0.29) is 68.7 Å². The van der Waals surface area contributed by atoms with Crippen molar-refractivity contribution in [3.8, 4) is 0 Å². The van der Waals surface area contributed by atoms with Gasteiger partial charge in [0.2, 0.25) is 11.8 Å². The minimum atomic E-state index is -1.09. The number of nitrogens with one attached hydrogen (secondary N) is 1. The largest absolute Gasteiger partial charge is 0.338 e. The van der Waals surface area contributed by atoms with Crippen molar-refractivity contribution < 1.29 is 18.8 Å². The SMILES string of the molecule is C.O=C(c1ccc2[nH]ncc2n1)N1CCC2(CC1)C(=O)N(CC(=O)N1CCC3CCCC31)c1ccc(F)c(Cl)c12. The van der Waals surface area contributed by atoms with E-state index >= 15 is 0 Å². The van der Waals surface area contributed by atoms with E-state index in [2.05, 4.69) is 15.2 Å². The molecule has 3 amide bonds. The highest BCUT2D eigenvalue weighted by molar-refractivity contribution is 6.33. The molecule has 1 aromatic carbocycles. The van der Waals surface area contributed by atoms with E-state index in [0.717, 1.165) is 31.2 Å². The van der Waals surface area contributed by atoms with Crippen LogP contribution in [-0.2, 0) is 15.0 Å². The molecule has 5 heterocycles. The second-order valence-corrected chi connectivity index (χ2v) is 11.5. The zero-order valence-corrected chi connectivity index (χ0v) is 22.1. The summed E-state index contributed by atoms with van der Waals surface area (Å²) in [4.78, 5) is 50.3. The molecule has 11 heteroatoms. The maximum Gasteiger partial charge on any atom is 0.272 e. The highest BCUT2D eigenvalue weighted by atomic mass is 35.5. The van der Waals surface area contributed by atoms with Gasteiger partial charge in [-0.3, -0.25) is 19.5 Å². The molecule has 0 bridgehead atoms. The van der Waals surface area contributed by atoms with Crippen LogP contribution in [0.5, 0.6) is 0 Å². The van der Waals surface area contributed by atoms with Crippen LogP contribution in [0.4, 0.5) is 10.1 Å². The lowest BCUT2D eigenvalue weighted by Gasteiger charge is -2.38. The third-order valence-electron chi connectivity index (χ3n) is 9.29. The van der Waals surface area contributed by atoms with Gasteiger partial charge in [0.25, 0.3) is 5.91 Å². The molecule has 1 spiro atoms. The molecule has 4 aliphatic rings. The average molecular weight is 567 g/mol. The lowest BCUT2D eigenvalue weighted by molar-refractivity contribution is -0.133. The second-order valence-electron chi connectivity index (χ2n) is 11.2. The van der Waals surface area contributed by atoms with Crippen molar-refractivity contribution in [2.75, 3.05) is 31.1 Å². The summed E-state index contributed by atoms with van der Waals surface area (Å²) < 4.78 is 14.7. The number of likely N-dealkylation sites (tertiary alicyclic amines) is 2. The van der Waals surface area contributed by atoms with Crippen molar-refractivity contribution in [3.63, 3.8) is 0 Å². The van der Waals surface area contributed by atoms with Crippen molar-refractivity contribution in [1.82, 2.24) is 25.0 Å². The zero-order chi connectivity index (χ0) is 26.9. The number of pyridine rings is 1. The second kappa shape index (κ2) is 9.83. The van der Waals surface area contributed by atoms with E-state index < -0.39 is 11.2 Å². The van der Waals surface area contributed by atoms with E-state index in [1.165, 1.54) is 11.0 Å². The highest BCUT2D eigenvalue weighted by Gasteiger charge is 2.55. The van der Waals surface area contributed by atoms with Gasteiger partial charge in [-0.1, -0.05) is 25.4 Å². The summed E-state index contributed by atoms with van der Waals surface area (Å²) >= 11 is 6.52. The van der Waals surface area contributed by atoms with Crippen LogP contribution < -0.4 is 4.90 Å². The van der Waals surface area contributed by atoms with Crippen LogP contribution in [0.15, 0.2) is 30.5 Å². The van der Waals surface area contributed by atoms with Gasteiger partial charge in [0, 0.05) is 31.2 Å². The summed E-state index contributed by atoms with van der Waals surface area (Å²) in [5.74, 6) is -0.604. The Morgan fingerprint density at radius 3 is 2.70 bits per heavy atom. The molecule has 1 N–H and O–H groups in total. The maximum atomic E-state index is 14.7. The first-order chi connectivity index (χ1) is 18.9. The summed E-state index contributed by atoms with van der Waals surface area (Å²) in [5, 5.41) is 6.69. The topological polar surface area (TPSA) is 102 Å². The van der Waals surface area contributed by atoms with Crippen molar-refractivity contribution in [1.29, 1.82) is 0 Å². The molecular formula is C29H32ClFN6O3. The number of hydrogen-bond acceptors (Lipinski definition) is 5. The van der Waals surface area contributed by atoms with E-state index in [4.69, 9.17) is 11.6 Å². The number of benzene rings is 1. The summed E-state index contributed by atoms with van der Waals surface area (Å²) in [5.41, 5.74) is 1.47. The summed E-state index contributed by atoms with van der Waals surface area (Å²) in [6, 6.07) is 6.47. The standard InChI is InChI=1S/C28H28ClFN6O3.CH4/c29-25-17(30)4-7-22-24(25)28(27(39)36(22)15-23(37)35-11-8-16-2-1-3-21(16)35)9-12-34(13-10-28)26(38)19-6-5-18-20(32-19)14-31-33-18;/h4-7,14,16,21H,1-3,8-13,15H2,(H,31,33);1H4. The average Bonchev–Trinajstić information content (AvgIpc) is 3.72. The van der Waals surface area contributed by atoms with Crippen molar-refractivity contribution in [2.45, 2.75) is 57.4 Å². The lowest BCUT2D eigenvalue weighted by atomic mass is 9.73. The van der Waals surface area contributed by atoms with Crippen LogP contribution in [-0.4, -0.2) is 74.9 Å². The van der Waals surface area contributed by atoms with Gasteiger partial charge in [0.05, 0.1) is 27.8 Å². The quantitative estimate of drug-likeness (QED) is 0.509. The third-order valence-corrected chi connectivity index (χ3v) is 9.66. The number of rotatable bonds is 3. The number of H-pyrrole nitrogens is 1. The smallest absolute Gasteiger partial charge is 0.272 e. The minimum absolute atomic E-state index is 0. The molecule has 3 aliphatic heterocycles. The molecule has 0 radical (unpaired) electrons. The predicted octanol–water partition coefficient (Wildman–Crippen LogP) is 4.31. The number of amides is 3. The number of halogens is 2. The molecule has 1 aliphatic carbocycles. The Bertz CT molecular complexity index is 1520. The van der Waals surface area contributed by atoms with Gasteiger partial charge < -0.3 is 14.7 Å². The maximum absolute atomic E-state index is 14.7. The Balaban J connectivity index is 0.00000289. The molecular weight excluding hydrogens is 535 g/mol. The summed E-state index contributed by atoms with van der Waals surface area (Å²) in [7, 11) is 0. The van der Waals surface area contributed by atoms with Crippen LogP contribution in [0.3, 0.4) is 0 Å². The molecule has 7 rings (SSSR count). The summed E-state index contributed by atoms with van der Waals surface area (Å²) in [6.07, 6.45) is 6.42. The van der Waals surface area contributed by atoms with Gasteiger partial charge in [-0.05, 0) is 62.3 Å². The van der Waals surface area contributed by atoms with Gasteiger partial charge in [-0.15, -0.1) is 0 Å². The Kier molecular flexibility index (Phi) is 6.56. The number of fused-ring (bicyclic) bond motifs is 4. The number of anilines is 1. The lowest BCUT2D eigenvalue weighted by Crippen LogP contribution is -2.52. The van der Waals surface area contributed by atoms with E-state index in [1.54, 1.807) is 29.3 Å². The Morgan fingerprint density at radius 2 is 1.90 bits per heavy atom. The number of carbonyl (C=O) groups is 3. The van der Waals surface area contributed by atoms with E-state index in [0.29, 0.717) is 34.9 Å². The van der Waals surface area contributed by atoms with Crippen molar-refractivity contribution in [3.05, 3.63) is 52.6 Å². The van der Waals surface area contributed by atoms with Gasteiger partial charge in [0.15, 0.2) is 0 Å². The third kappa shape index (κ3) is 3.90. The molecule has 2 atom stereocenters. The van der Waals surface area contributed by atoms with Crippen LogP contribution >= 0.6 is 11.6 Å². The summed E-state index contributed by atoms with van der Waals surface area (Å²) in [6.45, 7) is 1.18. The Morgan fingerprint density at radius 1 is 1.10 bits per heavy atom. The fourth-order valence-electron chi connectivity index (χ4n) is 7.29. The van der Waals surface area contributed by atoms with E-state index in [9.17, 15) is 18.8 Å². The number of aromatic amines is 1. The van der Waals surface area contributed by atoms with Crippen LogP contribution in [0.25, 0.3) is 11.0 Å². The molecule has 3 fully saturated rings. The molecule has 2 unspecified atom stereocenters. The predicted molar refractivity (Wildman–Crippen MR) is 149 cm³/mol. The molecule has 40 heavy (non-hydrogen) atoms. The molecule has 210 valence electrons. The molecule has 2 saturated heterocycles. The minimum Gasteiger partial charge on any atom is -0.338 e. The number of aromatic nitrogens is 3. The first-order valence-corrected chi connectivity index (χ1v) is 13.9. The molecule has 1 saturated carbocycles. The van der Waals surface area contributed by atoms with Gasteiger partial charge in [0.1, 0.15) is 23.6 Å². The highest BCUT2D eigenvalue weighted by Crippen LogP contribution is 2.51. The molecule has 2 aromatic heterocycles. The number of piperidine rings is 1. The van der Waals surface area contributed by atoms with E-state index in [1.807, 2.05) is 4.90 Å². The Hall–Kier alpha value is -3.53. The van der Waals surface area contributed by atoms with Crippen LogP contribution in [0.1, 0.15) is 62.0 Å². The molecule has 9 nitrogen and oxygen atoms in total. The van der Waals surface area contributed by atoms with Gasteiger partial charge >= 0.3 is 0 Å². The number of carbonyl (C=O) groups excluding carboxylic acids is 3. The van der Waals surface area contributed by atoms with Crippen molar-refractivity contribution in [2.24, 2.45) is 5.92 Å². The number of hydrogen-bond donors (Lipinski definition) is 1. The Labute approximate surface area is 236 Å². The first kappa shape index (κ1) is 26.7. The van der Waals surface area contributed by atoms with Crippen molar-refractivity contribution >= 4 is 46.0 Å². The normalized spacial score (nSPS) is 23.1.